The van der Waals surface area contributed by atoms with E-state index in [0.717, 1.165) is 35.1 Å². The van der Waals surface area contributed by atoms with Crippen molar-refractivity contribution >= 4 is 5.82 Å². The molecule has 2 aromatic rings. The number of hydrogen-bond donors (Lipinski definition) is 1. The number of aromatic nitrogens is 5. The molecule has 102 valence electrons. The Hall–Kier alpha value is -1.98. The maximum Gasteiger partial charge on any atom is 0.134 e. The topological polar surface area (TPSA) is 68.5 Å². The lowest BCUT2D eigenvalue weighted by molar-refractivity contribution is 0.715. The van der Waals surface area contributed by atoms with E-state index < -0.39 is 0 Å². The molecule has 0 saturated carbocycles. The number of aryl methyl sites for hydroxylation is 1. The lowest BCUT2D eigenvalue weighted by atomic mass is 10.1. The maximum atomic E-state index is 4.67. The lowest BCUT2D eigenvalue weighted by Gasteiger charge is -2.14. The molecule has 6 nitrogen and oxygen atoms in total. The highest BCUT2D eigenvalue weighted by Gasteiger charge is 2.16. The van der Waals surface area contributed by atoms with Crippen molar-refractivity contribution in [2.24, 2.45) is 7.05 Å². The summed E-state index contributed by atoms with van der Waals surface area (Å²) in [6.07, 6.45) is 1.73. The van der Waals surface area contributed by atoms with E-state index in [1.807, 2.05) is 14.0 Å². The van der Waals surface area contributed by atoms with Gasteiger partial charge in [-0.15, -0.1) is 5.10 Å². The Kier molecular flexibility index (Phi) is 3.78. The molecule has 0 amide bonds. The molecule has 0 aliphatic carbocycles. The van der Waals surface area contributed by atoms with Crippen LogP contribution in [0.3, 0.4) is 0 Å². The second-order valence-electron chi connectivity index (χ2n) is 4.83. The number of anilines is 1. The van der Waals surface area contributed by atoms with Crippen LogP contribution in [0.4, 0.5) is 5.82 Å². The van der Waals surface area contributed by atoms with E-state index in [0.29, 0.717) is 0 Å². The number of nitrogens with zero attached hydrogens (tertiary/aromatic N) is 5. The molecule has 1 N–H and O–H groups in total. The average Bonchev–Trinajstić information content (AvgIpc) is 2.78. The fourth-order valence-electron chi connectivity index (χ4n) is 1.89. The molecule has 0 bridgehead atoms. The van der Waals surface area contributed by atoms with Crippen LogP contribution in [-0.2, 0) is 7.05 Å². The third kappa shape index (κ3) is 2.57. The van der Waals surface area contributed by atoms with Crippen LogP contribution >= 0.6 is 0 Å². The normalized spacial score (nSPS) is 11.1. The molecule has 0 atom stereocenters. The van der Waals surface area contributed by atoms with Gasteiger partial charge in [0.05, 0.1) is 11.9 Å². The molecule has 0 aliphatic rings. The Labute approximate surface area is 113 Å². The quantitative estimate of drug-likeness (QED) is 0.912. The number of hydrogen-bond acceptors (Lipinski definition) is 5. The molecule has 0 spiro atoms. The minimum absolute atomic E-state index is 0.276. The largest absolute Gasteiger partial charge is 0.370 e. The van der Waals surface area contributed by atoms with Crippen LogP contribution in [0.5, 0.6) is 0 Å². The molecule has 0 saturated heterocycles. The Bertz CT molecular complexity index is 573. The van der Waals surface area contributed by atoms with Crippen LogP contribution in [0.2, 0.25) is 0 Å². The van der Waals surface area contributed by atoms with Crippen molar-refractivity contribution in [3.8, 4) is 11.4 Å². The fraction of sp³-hybridized carbons (Fsp3) is 0.538. The highest BCUT2D eigenvalue weighted by Crippen LogP contribution is 2.26. The highest BCUT2D eigenvalue weighted by molar-refractivity contribution is 5.64. The summed E-state index contributed by atoms with van der Waals surface area (Å²) >= 11 is 0. The SMILES string of the molecule is CCNc1nc(C(C)C)nc(-c2cnnn2C)c1C. The maximum absolute atomic E-state index is 4.67. The van der Waals surface area contributed by atoms with Gasteiger partial charge in [0, 0.05) is 25.1 Å². The smallest absolute Gasteiger partial charge is 0.134 e. The third-order valence-electron chi connectivity index (χ3n) is 2.98. The Morgan fingerprint density at radius 2 is 2.05 bits per heavy atom. The molecule has 6 heteroatoms. The first kappa shape index (κ1) is 13.5. The van der Waals surface area contributed by atoms with E-state index in [1.54, 1.807) is 10.9 Å². The van der Waals surface area contributed by atoms with E-state index in [4.69, 9.17) is 0 Å². The summed E-state index contributed by atoms with van der Waals surface area (Å²) in [5.74, 6) is 1.99. The van der Waals surface area contributed by atoms with Gasteiger partial charge in [-0.2, -0.15) is 0 Å². The molecule has 2 rings (SSSR count). The summed E-state index contributed by atoms with van der Waals surface area (Å²) in [5, 5.41) is 11.2. The van der Waals surface area contributed by atoms with Gasteiger partial charge in [-0.05, 0) is 13.8 Å². The van der Waals surface area contributed by atoms with Gasteiger partial charge >= 0.3 is 0 Å². The first-order chi connectivity index (χ1) is 9.04. The van der Waals surface area contributed by atoms with Crippen molar-refractivity contribution in [1.29, 1.82) is 0 Å². The zero-order valence-corrected chi connectivity index (χ0v) is 12.1. The van der Waals surface area contributed by atoms with E-state index >= 15 is 0 Å². The minimum atomic E-state index is 0.276. The third-order valence-corrected chi connectivity index (χ3v) is 2.98. The molecular formula is C13H20N6. The van der Waals surface area contributed by atoms with Crippen molar-refractivity contribution in [2.75, 3.05) is 11.9 Å². The van der Waals surface area contributed by atoms with Gasteiger partial charge in [0.15, 0.2) is 0 Å². The van der Waals surface area contributed by atoms with E-state index in [1.165, 1.54) is 0 Å². The minimum Gasteiger partial charge on any atom is -0.370 e. The van der Waals surface area contributed by atoms with Crippen LogP contribution in [0.1, 0.15) is 38.1 Å². The monoisotopic (exact) mass is 260 g/mol. The van der Waals surface area contributed by atoms with Crippen LogP contribution in [0, 0.1) is 6.92 Å². The zero-order chi connectivity index (χ0) is 14.0. The second-order valence-corrected chi connectivity index (χ2v) is 4.83. The van der Waals surface area contributed by atoms with Gasteiger partial charge in [0.2, 0.25) is 0 Å². The number of nitrogens with one attached hydrogen (secondary N) is 1. The van der Waals surface area contributed by atoms with Crippen LogP contribution in [0.15, 0.2) is 6.20 Å². The molecule has 2 aromatic heterocycles. The molecule has 19 heavy (non-hydrogen) atoms. The van der Waals surface area contributed by atoms with E-state index in [2.05, 4.69) is 46.4 Å². The zero-order valence-electron chi connectivity index (χ0n) is 12.1. The lowest BCUT2D eigenvalue weighted by Crippen LogP contribution is -2.10. The summed E-state index contributed by atoms with van der Waals surface area (Å²) in [4.78, 5) is 9.26. The van der Waals surface area contributed by atoms with Crippen molar-refractivity contribution in [1.82, 2.24) is 25.0 Å². The molecule has 0 fully saturated rings. The van der Waals surface area contributed by atoms with Crippen molar-refractivity contribution in [3.63, 3.8) is 0 Å². The number of rotatable bonds is 4. The predicted molar refractivity (Wildman–Crippen MR) is 75.0 cm³/mol. The molecule has 0 radical (unpaired) electrons. The van der Waals surface area contributed by atoms with Crippen molar-refractivity contribution in [2.45, 2.75) is 33.6 Å². The highest BCUT2D eigenvalue weighted by atomic mass is 15.4. The Morgan fingerprint density at radius 3 is 2.58 bits per heavy atom. The molecule has 0 unspecified atom stereocenters. The molecule has 0 aliphatic heterocycles. The summed E-state index contributed by atoms with van der Waals surface area (Å²) in [6, 6.07) is 0. The Balaban J connectivity index is 2.62. The summed E-state index contributed by atoms with van der Waals surface area (Å²) in [7, 11) is 1.87. The predicted octanol–water partition coefficient (Wildman–Crippen LogP) is 2.14. The van der Waals surface area contributed by atoms with Gasteiger partial charge in [-0.1, -0.05) is 19.1 Å². The van der Waals surface area contributed by atoms with Crippen LogP contribution < -0.4 is 5.32 Å². The molecule has 2 heterocycles. The van der Waals surface area contributed by atoms with Gasteiger partial charge in [0.25, 0.3) is 0 Å². The summed E-state index contributed by atoms with van der Waals surface area (Å²) in [5.41, 5.74) is 2.82. The van der Waals surface area contributed by atoms with Crippen LogP contribution in [-0.4, -0.2) is 31.5 Å². The van der Waals surface area contributed by atoms with Crippen LogP contribution in [0.25, 0.3) is 11.4 Å². The Morgan fingerprint density at radius 1 is 1.32 bits per heavy atom. The first-order valence-corrected chi connectivity index (χ1v) is 6.52. The van der Waals surface area contributed by atoms with Crippen molar-refractivity contribution < 1.29 is 0 Å². The standard InChI is InChI=1S/C13H20N6/c1-6-14-13-9(4)11(10-7-15-18-19(10)5)16-12(17-13)8(2)3/h7-8H,6H2,1-5H3,(H,14,16,17). The first-order valence-electron chi connectivity index (χ1n) is 6.52. The van der Waals surface area contributed by atoms with Gasteiger partial charge in [0.1, 0.15) is 17.3 Å². The van der Waals surface area contributed by atoms with E-state index in [-0.39, 0.29) is 5.92 Å². The van der Waals surface area contributed by atoms with Gasteiger partial charge in [-0.25, -0.2) is 14.6 Å². The van der Waals surface area contributed by atoms with Gasteiger partial charge < -0.3 is 5.32 Å². The summed E-state index contributed by atoms with van der Waals surface area (Å²) in [6.45, 7) is 9.09. The molecule has 0 aromatic carbocycles. The van der Waals surface area contributed by atoms with Gasteiger partial charge in [-0.3, -0.25) is 0 Å². The van der Waals surface area contributed by atoms with Crippen molar-refractivity contribution in [3.05, 3.63) is 17.6 Å². The summed E-state index contributed by atoms with van der Waals surface area (Å²) < 4.78 is 1.73. The fourth-order valence-corrected chi connectivity index (χ4v) is 1.89. The average molecular weight is 260 g/mol. The molecular weight excluding hydrogens is 240 g/mol. The van der Waals surface area contributed by atoms with E-state index in [9.17, 15) is 0 Å². The second kappa shape index (κ2) is 5.34.